The Balaban J connectivity index is 2.10. The molecule has 0 saturated heterocycles. The van der Waals surface area contributed by atoms with E-state index in [9.17, 15) is 0 Å². The molecule has 0 aliphatic rings. The summed E-state index contributed by atoms with van der Waals surface area (Å²) in [6.07, 6.45) is 2.27. The molecule has 108 valence electrons. The summed E-state index contributed by atoms with van der Waals surface area (Å²) in [4.78, 5) is 3.99. The van der Waals surface area contributed by atoms with E-state index in [2.05, 4.69) is 22.4 Å². The summed E-state index contributed by atoms with van der Waals surface area (Å²) in [7, 11) is 3.26. The van der Waals surface area contributed by atoms with E-state index in [-0.39, 0.29) is 6.04 Å². The van der Waals surface area contributed by atoms with Crippen molar-refractivity contribution in [2.75, 3.05) is 14.2 Å². The Morgan fingerprint density at radius 1 is 1.25 bits per heavy atom. The normalized spacial score (nSPS) is 12.2. The lowest BCUT2D eigenvalue weighted by Crippen LogP contribution is -2.21. The minimum Gasteiger partial charge on any atom is -0.493 e. The summed E-state index contributed by atoms with van der Waals surface area (Å²) in [5, 5.41) is 7.18. The zero-order valence-electron chi connectivity index (χ0n) is 11.9. The van der Waals surface area contributed by atoms with Crippen molar-refractivity contribution in [3.63, 3.8) is 0 Å². The number of benzene rings is 1. The molecule has 0 aliphatic heterocycles. The molecule has 0 aliphatic carbocycles. The summed E-state index contributed by atoms with van der Waals surface area (Å²) in [5.74, 6) is 2.10. The molecule has 20 heavy (non-hydrogen) atoms. The first-order valence-corrected chi connectivity index (χ1v) is 6.49. The molecule has 1 N–H and O–H groups in total. The van der Waals surface area contributed by atoms with E-state index in [0.29, 0.717) is 12.4 Å². The molecule has 1 unspecified atom stereocenters. The Morgan fingerprint density at radius 3 is 2.65 bits per heavy atom. The molecule has 1 atom stereocenters. The highest BCUT2D eigenvalue weighted by Crippen LogP contribution is 2.30. The van der Waals surface area contributed by atoms with Crippen LogP contribution < -0.4 is 14.8 Å². The molecule has 0 fully saturated rings. The highest BCUT2D eigenvalue weighted by molar-refractivity contribution is 5.43. The number of nitrogens with one attached hydrogen (secondary N) is 1. The second-order valence-corrected chi connectivity index (χ2v) is 4.30. The summed E-state index contributed by atoms with van der Waals surface area (Å²) in [6.45, 7) is 2.67. The van der Waals surface area contributed by atoms with Gasteiger partial charge in [0, 0.05) is 6.04 Å². The van der Waals surface area contributed by atoms with E-state index in [1.807, 2.05) is 18.2 Å². The lowest BCUT2D eigenvalue weighted by Gasteiger charge is -2.18. The van der Waals surface area contributed by atoms with Crippen LogP contribution in [0.4, 0.5) is 0 Å². The Hall–Kier alpha value is -2.08. The lowest BCUT2D eigenvalue weighted by atomic mass is 10.0. The van der Waals surface area contributed by atoms with Crippen LogP contribution in [0.2, 0.25) is 0 Å². The van der Waals surface area contributed by atoms with Gasteiger partial charge in [-0.2, -0.15) is 4.98 Å². The standard InChI is InChI=1S/C14H19N3O3/c1-4-11(15-8-14-16-9-20-17-14)10-5-6-12(18-2)13(7-10)19-3/h5-7,9,11,15H,4,8H2,1-3H3. The SMILES string of the molecule is CCC(NCc1ncon1)c1ccc(OC)c(OC)c1. The van der Waals surface area contributed by atoms with E-state index in [4.69, 9.17) is 14.0 Å². The number of methoxy groups -OCH3 is 2. The summed E-state index contributed by atoms with van der Waals surface area (Å²) >= 11 is 0. The Labute approximate surface area is 118 Å². The average molecular weight is 277 g/mol. The fourth-order valence-electron chi connectivity index (χ4n) is 2.05. The van der Waals surface area contributed by atoms with Crippen molar-refractivity contribution < 1.29 is 14.0 Å². The second-order valence-electron chi connectivity index (χ2n) is 4.30. The van der Waals surface area contributed by atoms with Crippen LogP contribution in [0.15, 0.2) is 29.1 Å². The maximum Gasteiger partial charge on any atom is 0.213 e. The van der Waals surface area contributed by atoms with Gasteiger partial charge in [0.15, 0.2) is 17.3 Å². The molecule has 1 heterocycles. The smallest absolute Gasteiger partial charge is 0.213 e. The molecule has 0 amide bonds. The molecule has 0 radical (unpaired) electrons. The first-order chi connectivity index (χ1) is 9.78. The van der Waals surface area contributed by atoms with Gasteiger partial charge in [-0.05, 0) is 24.1 Å². The molecule has 6 nitrogen and oxygen atoms in total. The number of hydrogen-bond donors (Lipinski definition) is 1. The molecule has 6 heteroatoms. The summed E-state index contributed by atoms with van der Waals surface area (Å²) in [6, 6.07) is 6.11. The second kappa shape index (κ2) is 6.91. The zero-order chi connectivity index (χ0) is 14.4. The Morgan fingerprint density at radius 2 is 2.05 bits per heavy atom. The lowest BCUT2D eigenvalue weighted by molar-refractivity contribution is 0.353. The monoisotopic (exact) mass is 277 g/mol. The quantitative estimate of drug-likeness (QED) is 0.837. The van der Waals surface area contributed by atoms with Crippen molar-refractivity contribution in [3.8, 4) is 11.5 Å². The number of nitrogens with zero attached hydrogens (tertiary/aromatic N) is 2. The molecular weight excluding hydrogens is 258 g/mol. The van der Waals surface area contributed by atoms with Gasteiger partial charge in [-0.1, -0.05) is 18.1 Å². The van der Waals surface area contributed by atoms with Crippen molar-refractivity contribution in [2.24, 2.45) is 0 Å². The van der Waals surface area contributed by atoms with Gasteiger partial charge in [0.1, 0.15) is 0 Å². The van der Waals surface area contributed by atoms with Crippen molar-refractivity contribution in [2.45, 2.75) is 25.9 Å². The largest absolute Gasteiger partial charge is 0.493 e. The van der Waals surface area contributed by atoms with Crippen LogP contribution >= 0.6 is 0 Å². The van der Waals surface area contributed by atoms with E-state index in [0.717, 1.165) is 23.5 Å². The van der Waals surface area contributed by atoms with Crippen LogP contribution in [0.5, 0.6) is 11.5 Å². The molecular formula is C14H19N3O3. The molecule has 0 saturated carbocycles. The predicted molar refractivity (Wildman–Crippen MR) is 73.7 cm³/mol. The van der Waals surface area contributed by atoms with Crippen LogP contribution in [0, 0.1) is 0 Å². The number of ether oxygens (including phenoxy) is 2. The molecule has 2 aromatic rings. The van der Waals surface area contributed by atoms with Gasteiger partial charge in [0.2, 0.25) is 6.39 Å². The third kappa shape index (κ3) is 3.27. The predicted octanol–water partition coefficient (Wildman–Crippen LogP) is 2.33. The fraction of sp³-hybridized carbons (Fsp3) is 0.429. The highest BCUT2D eigenvalue weighted by Gasteiger charge is 2.13. The molecule has 0 bridgehead atoms. The zero-order valence-corrected chi connectivity index (χ0v) is 11.9. The molecule has 1 aromatic heterocycles. The first kappa shape index (κ1) is 14.3. The van der Waals surface area contributed by atoms with Crippen LogP contribution in [-0.2, 0) is 6.54 Å². The van der Waals surface area contributed by atoms with E-state index >= 15 is 0 Å². The van der Waals surface area contributed by atoms with Crippen molar-refractivity contribution in [1.82, 2.24) is 15.5 Å². The van der Waals surface area contributed by atoms with Crippen molar-refractivity contribution in [1.29, 1.82) is 0 Å². The average Bonchev–Trinajstić information content (AvgIpc) is 3.01. The van der Waals surface area contributed by atoms with Gasteiger partial charge in [-0.25, -0.2) is 0 Å². The maximum atomic E-state index is 5.33. The van der Waals surface area contributed by atoms with Crippen LogP contribution in [0.1, 0.15) is 30.8 Å². The Bertz CT molecular complexity index is 528. The number of hydrogen-bond acceptors (Lipinski definition) is 6. The topological polar surface area (TPSA) is 69.4 Å². The van der Waals surface area contributed by atoms with Gasteiger partial charge >= 0.3 is 0 Å². The fourth-order valence-corrected chi connectivity index (χ4v) is 2.05. The van der Waals surface area contributed by atoms with Gasteiger partial charge in [-0.15, -0.1) is 0 Å². The van der Waals surface area contributed by atoms with Crippen molar-refractivity contribution >= 4 is 0 Å². The minimum atomic E-state index is 0.188. The maximum absolute atomic E-state index is 5.33. The van der Waals surface area contributed by atoms with Gasteiger partial charge in [0.05, 0.1) is 20.8 Å². The van der Waals surface area contributed by atoms with Crippen LogP contribution in [0.25, 0.3) is 0 Å². The van der Waals surface area contributed by atoms with Crippen LogP contribution in [-0.4, -0.2) is 24.4 Å². The minimum absolute atomic E-state index is 0.188. The van der Waals surface area contributed by atoms with Crippen LogP contribution in [0.3, 0.4) is 0 Å². The summed E-state index contributed by atoms with van der Waals surface area (Å²) < 4.78 is 15.3. The number of rotatable bonds is 7. The van der Waals surface area contributed by atoms with E-state index < -0.39 is 0 Å². The van der Waals surface area contributed by atoms with E-state index in [1.165, 1.54) is 6.39 Å². The van der Waals surface area contributed by atoms with E-state index in [1.54, 1.807) is 14.2 Å². The third-order valence-electron chi connectivity index (χ3n) is 3.13. The Kier molecular flexibility index (Phi) is 4.95. The first-order valence-electron chi connectivity index (χ1n) is 6.49. The third-order valence-corrected chi connectivity index (χ3v) is 3.13. The van der Waals surface area contributed by atoms with Gasteiger partial charge in [-0.3, -0.25) is 0 Å². The molecule has 2 rings (SSSR count). The van der Waals surface area contributed by atoms with Crippen molar-refractivity contribution in [3.05, 3.63) is 36.0 Å². The molecule has 0 spiro atoms. The number of aromatic nitrogens is 2. The van der Waals surface area contributed by atoms with Gasteiger partial charge in [0.25, 0.3) is 0 Å². The van der Waals surface area contributed by atoms with Gasteiger partial charge < -0.3 is 19.3 Å². The summed E-state index contributed by atoms with van der Waals surface area (Å²) in [5.41, 5.74) is 1.13. The highest BCUT2D eigenvalue weighted by atomic mass is 16.5. The molecule has 1 aromatic carbocycles.